The van der Waals surface area contributed by atoms with Crippen LogP contribution in [0.2, 0.25) is 0 Å². The Labute approximate surface area is 162 Å². The number of hydrogen-bond donors (Lipinski definition) is 2. The molecule has 5 nitrogen and oxygen atoms in total. The second kappa shape index (κ2) is 9.86. The van der Waals surface area contributed by atoms with Gasteiger partial charge in [0.25, 0.3) is 0 Å². The van der Waals surface area contributed by atoms with Crippen molar-refractivity contribution < 1.29 is 14.3 Å². The van der Waals surface area contributed by atoms with E-state index >= 15 is 0 Å². The van der Waals surface area contributed by atoms with Crippen LogP contribution in [0.25, 0.3) is 0 Å². The molecule has 5 heteroatoms. The van der Waals surface area contributed by atoms with E-state index in [1.54, 1.807) is 7.11 Å². The maximum absolute atomic E-state index is 12.2. The van der Waals surface area contributed by atoms with Crippen molar-refractivity contribution in [2.24, 2.45) is 0 Å². The summed E-state index contributed by atoms with van der Waals surface area (Å²) < 4.78 is 10.6. The minimum absolute atomic E-state index is 0.0536. The second-order valence-corrected chi connectivity index (χ2v) is 7.48. The Hall–Kier alpha value is -2.69. The number of benzene rings is 2. The minimum atomic E-state index is -0.516. The summed E-state index contributed by atoms with van der Waals surface area (Å²) in [5.41, 5.74) is 1.71. The van der Waals surface area contributed by atoms with Crippen molar-refractivity contribution >= 4 is 11.8 Å². The van der Waals surface area contributed by atoms with Crippen molar-refractivity contribution in [3.63, 3.8) is 0 Å². The number of rotatable bonds is 8. The Balaban J connectivity index is 1.95. The number of hydrogen-bond acceptors (Lipinski definition) is 4. The van der Waals surface area contributed by atoms with Crippen molar-refractivity contribution in [1.29, 1.82) is 0 Å². The molecular formula is C22H30N2O3. The number of carbonyl (C=O) groups excluding carboxylic acids is 1. The van der Waals surface area contributed by atoms with Crippen LogP contribution in [0.5, 0.6) is 5.75 Å². The van der Waals surface area contributed by atoms with E-state index in [0.717, 1.165) is 24.3 Å². The molecular weight excluding hydrogens is 340 g/mol. The van der Waals surface area contributed by atoms with Crippen LogP contribution < -0.4 is 15.4 Å². The Bertz CT molecular complexity index is 694. The van der Waals surface area contributed by atoms with Crippen molar-refractivity contribution in [1.82, 2.24) is 5.32 Å². The Morgan fingerprint density at radius 3 is 2.30 bits per heavy atom. The van der Waals surface area contributed by atoms with Crippen molar-refractivity contribution in [3.05, 3.63) is 60.2 Å². The lowest BCUT2D eigenvalue weighted by Crippen LogP contribution is -2.42. The zero-order valence-corrected chi connectivity index (χ0v) is 16.6. The van der Waals surface area contributed by atoms with E-state index < -0.39 is 11.7 Å². The molecule has 2 N–H and O–H groups in total. The zero-order chi connectivity index (χ0) is 19.7. The lowest BCUT2D eigenvalue weighted by molar-refractivity contribution is 0.0505. The summed E-state index contributed by atoms with van der Waals surface area (Å²) in [6.45, 7) is 6.20. The molecule has 0 aromatic heterocycles. The fraction of sp³-hybridized carbons (Fsp3) is 0.409. The van der Waals surface area contributed by atoms with Gasteiger partial charge in [-0.2, -0.15) is 0 Å². The van der Waals surface area contributed by atoms with Crippen LogP contribution in [0.3, 0.4) is 0 Å². The Morgan fingerprint density at radius 1 is 1.04 bits per heavy atom. The molecule has 0 spiro atoms. The summed E-state index contributed by atoms with van der Waals surface area (Å²) in [5, 5.41) is 6.36. The van der Waals surface area contributed by atoms with Gasteiger partial charge in [0.2, 0.25) is 0 Å². The summed E-state index contributed by atoms with van der Waals surface area (Å²) >= 11 is 0. The smallest absolute Gasteiger partial charge is 0.407 e. The molecule has 0 saturated heterocycles. The van der Waals surface area contributed by atoms with Crippen LogP contribution in [-0.2, 0) is 11.2 Å². The topological polar surface area (TPSA) is 59.6 Å². The van der Waals surface area contributed by atoms with Gasteiger partial charge in [0, 0.05) is 18.3 Å². The molecule has 1 atom stereocenters. The monoisotopic (exact) mass is 370 g/mol. The van der Waals surface area contributed by atoms with Gasteiger partial charge in [-0.3, -0.25) is 0 Å². The molecule has 0 saturated carbocycles. The highest BCUT2D eigenvalue weighted by Gasteiger charge is 2.19. The average Bonchev–Trinajstić information content (AvgIpc) is 2.63. The quantitative estimate of drug-likeness (QED) is 0.711. The van der Waals surface area contributed by atoms with Crippen molar-refractivity contribution in [2.75, 3.05) is 19.0 Å². The molecule has 2 aromatic carbocycles. The third kappa shape index (κ3) is 8.03. The van der Waals surface area contributed by atoms with E-state index in [0.29, 0.717) is 6.54 Å². The summed E-state index contributed by atoms with van der Waals surface area (Å²) in [6.07, 6.45) is 1.30. The molecule has 146 valence electrons. The first-order valence-electron chi connectivity index (χ1n) is 9.27. The average molecular weight is 370 g/mol. The number of nitrogens with one attached hydrogen (secondary N) is 2. The van der Waals surface area contributed by atoms with E-state index in [-0.39, 0.29) is 6.04 Å². The molecule has 27 heavy (non-hydrogen) atoms. The van der Waals surface area contributed by atoms with Gasteiger partial charge >= 0.3 is 6.09 Å². The fourth-order valence-electron chi connectivity index (χ4n) is 2.63. The summed E-state index contributed by atoms with van der Waals surface area (Å²) in [4.78, 5) is 12.2. The SMILES string of the molecule is COc1ccc(NC[C@H](CCc2ccccc2)NC(=O)OC(C)(C)C)cc1. The zero-order valence-electron chi connectivity index (χ0n) is 16.6. The van der Waals surface area contributed by atoms with E-state index in [2.05, 4.69) is 22.8 Å². The number of aryl methyl sites for hydroxylation is 1. The van der Waals surface area contributed by atoms with Crippen molar-refractivity contribution in [3.8, 4) is 5.75 Å². The third-order valence-corrected chi connectivity index (χ3v) is 3.99. The molecule has 0 fully saturated rings. The summed E-state index contributed by atoms with van der Waals surface area (Å²) in [6, 6.07) is 17.9. The molecule has 2 aromatic rings. The predicted octanol–water partition coefficient (Wildman–Crippen LogP) is 4.63. The second-order valence-electron chi connectivity index (χ2n) is 7.48. The van der Waals surface area contributed by atoms with Gasteiger partial charge in [-0.05, 0) is 63.4 Å². The third-order valence-electron chi connectivity index (χ3n) is 3.99. The lowest BCUT2D eigenvalue weighted by atomic mass is 10.1. The molecule has 0 aliphatic carbocycles. The maximum atomic E-state index is 12.2. The van der Waals surface area contributed by atoms with Gasteiger partial charge in [0.1, 0.15) is 11.4 Å². The Kier molecular flexibility index (Phi) is 7.53. The highest BCUT2D eigenvalue weighted by Crippen LogP contribution is 2.15. The first-order chi connectivity index (χ1) is 12.9. The van der Waals surface area contributed by atoms with E-state index in [4.69, 9.17) is 9.47 Å². The normalized spacial score (nSPS) is 12.1. The molecule has 0 aliphatic rings. The number of methoxy groups -OCH3 is 1. The van der Waals surface area contributed by atoms with Gasteiger partial charge in [0.05, 0.1) is 7.11 Å². The number of alkyl carbamates (subject to hydrolysis) is 1. The Morgan fingerprint density at radius 2 is 1.70 bits per heavy atom. The van der Waals surface area contributed by atoms with Crippen LogP contribution in [-0.4, -0.2) is 31.4 Å². The van der Waals surface area contributed by atoms with Crippen LogP contribution in [0.4, 0.5) is 10.5 Å². The lowest BCUT2D eigenvalue weighted by Gasteiger charge is -2.24. The highest BCUT2D eigenvalue weighted by atomic mass is 16.6. The van der Waals surface area contributed by atoms with Gasteiger partial charge < -0.3 is 20.1 Å². The van der Waals surface area contributed by atoms with Crippen LogP contribution in [0, 0.1) is 0 Å². The maximum Gasteiger partial charge on any atom is 0.407 e. The minimum Gasteiger partial charge on any atom is -0.497 e. The molecule has 0 aliphatic heterocycles. The van der Waals surface area contributed by atoms with Gasteiger partial charge in [-0.25, -0.2) is 4.79 Å². The van der Waals surface area contributed by atoms with E-state index in [9.17, 15) is 4.79 Å². The number of ether oxygens (including phenoxy) is 2. The largest absolute Gasteiger partial charge is 0.497 e. The standard InChI is InChI=1S/C22H30N2O3/c1-22(2,3)27-21(25)24-19(11-10-17-8-6-5-7-9-17)16-23-18-12-14-20(26-4)15-13-18/h5-9,12-15,19,23H,10-11,16H2,1-4H3,(H,24,25)/t19-/m0/s1. The molecule has 0 bridgehead atoms. The molecule has 0 unspecified atom stereocenters. The van der Waals surface area contributed by atoms with Crippen LogP contribution in [0.1, 0.15) is 32.8 Å². The van der Waals surface area contributed by atoms with Crippen LogP contribution >= 0.6 is 0 Å². The van der Waals surface area contributed by atoms with Gasteiger partial charge in [-0.1, -0.05) is 30.3 Å². The molecule has 0 heterocycles. The van der Waals surface area contributed by atoms with E-state index in [1.807, 2.05) is 63.2 Å². The number of amides is 1. The van der Waals surface area contributed by atoms with Gasteiger partial charge in [-0.15, -0.1) is 0 Å². The number of anilines is 1. The molecule has 0 radical (unpaired) electrons. The van der Waals surface area contributed by atoms with E-state index in [1.165, 1.54) is 5.56 Å². The van der Waals surface area contributed by atoms with Crippen LogP contribution in [0.15, 0.2) is 54.6 Å². The molecule has 1 amide bonds. The summed E-state index contributed by atoms with van der Waals surface area (Å²) in [5.74, 6) is 0.813. The highest BCUT2D eigenvalue weighted by molar-refractivity contribution is 5.68. The fourth-order valence-corrected chi connectivity index (χ4v) is 2.63. The van der Waals surface area contributed by atoms with Gasteiger partial charge in [0.15, 0.2) is 0 Å². The molecule has 2 rings (SSSR count). The number of carbonyl (C=O) groups is 1. The first-order valence-corrected chi connectivity index (χ1v) is 9.27. The first kappa shape index (κ1) is 20.6. The predicted molar refractivity (Wildman–Crippen MR) is 109 cm³/mol. The summed E-state index contributed by atoms with van der Waals surface area (Å²) in [7, 11) is 1.65. The van der Waals surface area contributed by atoms with Crippen molar-refractivity contribution in [2.45, 2.75) is 45.3 Å².